The fourth-order valence-electron chi connectivity index (χ4n) is 2.91. The second-order valence-electron chi connectivity index (χ2n) is 10.6. The molecule has 214 valence electrons. The van der Waals surface area contributed by atoms with Crippen molar-refractivity contribution >= 4 is 25.7 Å². The van der Waals surface area contributed by atoms with E-state index >= 15 is 0 Å². The summed E-state index contributed by atoms with van der Waals surface area (Å²) in [7, 11) is -4.54. The number of phosphoric ester groups is 1. The maximum absolute atomic E-state index is 13.2. The molecule has 0 radical (unpaired) electrons. The molecule has 2 heterocycles. The summed E-state index contributed by atoms with van der Waals surface area (Å²) in [4.78, 5) is 35.5. The van der Waals surface area contributed by atoms with E-state index in [1.165, 1.54) is 29.1 Å². The van der Waals surface area contributed by atoms with Crippen LogP contribution in [0.25, 0.3) is 0 Å². The van der Waals surface area contributed by atoms with Crippen LogP contribution in [0.4, 0.5) is 0 Å². The lowest BCUT2D eigenvalue weighted by atomic mass is 9.98. The van der Waals surface area contributed by atoms with Gasteiger partial charge in [0.1, 0.15) is 17.8 Å². The zero-order valence-corrected chi connectivity index (χ0v) is 23.1. The largest absolute Gasteiger partial charge is 0.480 e. The highest BCUT2D eigenvalue weighted by Crippen LogP contribution is 2.50. The Labute approximate surface area is 220 Å². The highest BCUT2D eigenvalue weighted by Gasteiger charge is 2.49. The van der Waals surface area contributed by atoms with Gasteiger partial charge < -0.3 is 30.2 Å². The van der Waals surface area contributed by atoms with Gasteiger partial charge in [0.15, 0.2) is 18.5 Å². The molecule has 0 saturated carbocycles. The molecule has 1 aromatic heterocycles. The maximum atomic E-state index is 13.2. The van der Waals surface area contributed by atoms with Crippen molar-refractivity contribution in [2.45, 2.75) is 66.1 Å². The summed E-state index contributed by atoms with van der Waals surface area (Å²) >= 11 is 0. The average Bonchev–Trinajstić information content (AvgIpc) is 3.10. The van der Waals surface area contributed by atoms with Crippen molar-refractivity contribution in [3.8, 4) is 0 Å². The molecular weight excluding hydrogens is 527 g/mol. The Kier molecular flexibility index (Phi) is 10.5. The molecule has 0 spiro atoms. The standard InChI is InChI=1S/C23H35N2O12P/c1-22(2,3)20(29)32-12-35-38(31,36-13-33-21(30)23(4,5)6)34-11-15-16(26)17(27)19(37-15)25-9-7-8-14(10-25)18(24)28/h7-10,15-17,19,26-27H,11-13H2,1-6H3,(H-,24,28)/p+1. The molecule has 1 aliphatic rings. The number of phosphoric acid groups is 1. The first-order valence-electron chi connectivity index (χ1n) is 11.6. The van der Waals surface area contributed by atoms with E-state index < -0.39 is 81.2 Å². The Morgan fingerprint density at radius 1 is 0.974 bits per heavy atom. The summed E-state index contributed by atoms with van der Waals surface area (Å²) in [5.41, 5.74) is 3.69. The van der Waals surface area contributed by atoms with Crippen LogP contribution < -0.4 is 10.3 Å². The first kappa shape index (κ1) is 31.8. The molecule has 14 nitrogen and oxygen atoms in total. The van der Waals surface area contributed by atoms with Crippen molar-refractivity contribution in [2.24, 2.45) is 16.6 Å². The van der Waals surface area contributed by atoms with Crippen LogP contribution in [-0.4, -0.2) is 66.6 Å². The van der Waals surface area contributed by atoms with Gasteiger partial charge in [-0.2, -0.15) is 4.57 Å². The van der Waals surface area contributed by atoms with Crippen molar-refractivity contribution in [2.75, 3.05) is 20.2 Å². The van der Waals surface area contributed by atoms with E-state index in [0.717, 1.165) is 0 Å². The van der Waals surface area contributed by atoms with Crippen molar-refractivity contribution in [1.82, 2.24) is 0 Å². The second-order valence-corrected chi connectivity index (χ2v) is 12.2. The van der Waals surface area contributed by atoms with E-state index in [9.17, 15) is 29.2 Å². The quantitative estimate of drug-likeness (QED) is 0.149. The normalized spacial score (nSPS) is 22.2. The Morgan fingerprint density at radius 2 is 1.50 bits per heavy atom. The molecule has 1 saturated heterocycles. The van der Waals surface area contributed by atoms with Gasteiger partial charge in [-0.25, -0.2) is 13.6 Å². The zero-order valence-electron chi connectivity index (χ0n) is 22.2. The number of pyridine rings is 1. The minimum atomic E-state index is -4.54. The number of hydrogen-bond donors (Lipinski definition) is 3. The van der Waals surface area contributed by atoms with E-state index in [2.05, 4.69) is 0 Å². The highest BCUT2D eigenvalue weighted by molar-refractivity contribution is 7.48. The molecule has 1 aliphatic heterocycles. The molecule has 15 heteroatoms. The number of amides is 1. The SMILES string of the molecule is CC(C)(C)C(=O)OCOP(=O)(OCOC(=O)C(C)(C)C)OCC1OC([n+]2cccc(C(N)=O)c2)C(O)C1O. The minimum Gasteiger partial charge on any atom is -0.437 e. The maximum Gasteiger partial charge on any atom is 0.480 e. The van der Waals surface area contributed by atoms with E-state index in [0.29, 0.717) is 0 Å². The van der Waals surface area contributed by atoms with Crippen LogP contribution in [0.5, 0.6) is 0 Å². The summed E-state index contributed by atoms with van der Waals surface area (Å²) in [6.45, 7) is 7.39. The smallest absolute Gasteiger partial charge is 0.437 e. The summed E-state index contributed by atoms with van der Waals surface area (Å²) in [6, 6.07) is 2.96. The third kappa shape index (κ3) is 8.80. The Morgan fingerprint density at radius 3 is 1.97 bits per heavy atom. The van der Waals surface area contributed by atoms with Crippen molar-refractivity contribution < 1.29 is 61.5 Å². The van der Waals surface area contributed by atoms with Gasteiger partial charge in [0.05, 0.1) is 17.4 Å². The van der Waals surface area contributed by atoms with E-state index in [1.807, 2.05) is 0 Å². The van der Waals surface area contributed by atoms with Crippen LogP contribution >= 0.6 is 7.82 Å². The fourth-order valence-corrected chi connectivity index (χ4v) is 3.83. The molecule has 1 amide bonds. The molecule has 4 atom stereocenters. The number of aliphatic hydroxyl groups excluding tert-OH is 2. The molecule has 4 N–H and O–H groups in total. The second kappa shape index (κ2) is 12.6. The Balaban J connectivity index is 2.09. The summed E-state index contributed by atoms with van der Waals surface area (Å²) in [5.74, 6) is -2.01. The van der Waals surface area contributed by atoms with Gasteiger partial charge in [-0.1, -0.05) is 0 Å². The lowest BCUT2D eigenvalue weighted by Crippen LogP contribution is -2.46. The summed E-state index contributed by atoms with van der Waals surface area (Å²) in [6.07, 6.45) is -2.51. The van der Waals surface area contributed by atoms with E-state index in [1.54, 1.807) is 41.5 Å². The number of aliphatic hydroxyl groups is 2. The van der Waals surface area contributed by atoms with Gasteiger partial charge in [0.25, 0.3) is 12.1 Å². The van der Waals surface area contributed by atoms with E-state index in [4.69, 9.17) is 33.5 Å². The van der Waals surface area contributed by atoms with Crippen molar-refractivity contribution in [3.05, 3.63) is 30.1 Å². The molecule has 4 unspecified atom stereocenters. The molecule has 2 rings (SSSR count). The number of carbonyl (C=O) groups excluding carboxylic acids is 3. The number of esters is 2. The monoisotopic (exact) mass is 563 g/mol. The summed E-state index contributed by atoms with van der Waals surface area (Å²) in [5, 5.41) is 21.0. The van der Waals surface area contributed by atoms with Crippen LogP contribution in [0.3, 0.4) is 0 Å². The van der Waals surface area contributed by atoms with Crippen LogP contribution in [-0.2, 0) is 41.9 Å². The third-order valence-corrected chi connectivity index (χ3v) is 6.47. The van der Waals surface area contributed by atoms with Gasteiger partial charge in [-0.15, -0.1) is 0 Å². The number of ether oxygens (including phenoxy) is 3. The predicted octanol–water partition coefficient (Wildman–Crippen LogP) is 0.944. The zero-order chi connectivity index (χ0) is 28.9. The van der Waals surface area contributed by atoms with Gasteiger partial charge >= 0.3 is 19.8 Å². The van der Waals surface area contributed by atoms with Crippen LogP contribution in [0, 0.1) is 10.8 Å². The van der Waals surface area contributed by atoms with Crippen LogP contribution in [0.2, 0.25) is 0 Å². The number of hydrogen-bond acceptors (Lipinski definition) is 12. The molecule has 1 aromatic rings. The first-order chi connectivity index (χ1) is 17.4. The van der Waals surface area contributed by atoms with Gasteiger partial charge in [0, 0.05) is 6.07 Å². The summed E-state index contributed by atoms with van der Waals surface area (Å²) < 4.78 is 45.4. The number of aromatic nitrogens is 1. The fraction of sp³-hybridized carbons (Fsp3) is 0.652. The number of nitrogens with zero attached hydrogens (tertiary/aromatic N) is 1. The Bertz CT molecular complexity index is 1020. The lowest BCUT2D eigenvalue weighted by Gasteiger charge is -2.22. The molecule has 0 aliphatic carbocycles. The number of carbonyl (C=O) groups is 3. The third-order valence-electron chi connectivity index (χ3n) is 5.16. The first-order valence-corrected chi connectivity index (χ1v) is 13.1. The number of primary amides is 1. The predicted molar refractivity (Wildman–Crippen MR) is 128 cm³/mol. The average molecular weight is 564 g/mol. The molecular formula is C23H36N2O12P+. The molecule has 0 aromatic carbocycles. The van der Waals surface area contributed by atoms with E-state index in [-0.39, 0.29) is 5.56 Å². The molecule has 0 bridgehead atoms. The highest BCUT2D eigenvalue weighted by atomic mass is 31.2. The lowest BCUT2D eigenvalue weighted by molar-refractivity contribution is -0.765. The number of rotatable bonds is 11. The Hall–Kier alpha value is -2.45. The molecule has 38 heavy (non-hydrogen) atoms. The van der Waals surface area contributed by atoms with Gasteiger partial charge in [-0.05, 0) is 47.6 Å². The van der Waals surface area contributed by atoms with Crippen LogP contribution in [0.15, 0.2) is 24.5 Å². The minimum absolute atomic E-state index is 0.137. The van der Waals surface area contributed by atoms with Crippen molar-refractivity contribution in [1.29, 1.82) is 0 Å². The topological polar surface area (TPSA) is 194 Å². The van der Waals surface area contributed by atoms with Crippen molar-refractivity contribution in [3.63, 3.8) is 0 Å². The number of nitrogens with two attached hydrogens (primary N) is 1. The van der Waals surface area contributed by atoms with Gasteiger partial charge in [0.2, 0.25) is 13.6 Å². The molecule has 1 fully saturated rings. The van der Waals surface area contributed by atoms with Gasteiger partial charge in [-0.3, -0.25) is 18.9 Å². The van der Waals surface area contributed by atoms with Crippen LogP contribution in [0.1, 0.15) is 58.1 Å².